The van der Waals surface area contributed by atoms with Gasteiger partial charge in [0.2, 0.25) is 0 Å². The van der Waals surface area contributed by atoms with Gasteiger partial charge >= 0.3 is 6.03 Å². The third-order valence-electron chi connectivity index (χ3n) is 5.81. The van der Waals surface area contributed by atoms with E-state index >= 15 is 0 Å². The smallest absolute Gasteiger partial charge is 0.317 e. The Morgan fingerprint density at radius 3 is 2.61 bits per heavy atom. The normalized spacial score (nSPS) is 22.0. The summed E-state index contributed by atoms with van der Waals surface area (Å²) in [6.07, 6.45) is 8.52. The quantitative estimate of drug-likeness (QED) is 0.928. The first-order valence-corrected chi connectivity index (χ1v) is 9.11. The van der Waals surface area contributed by atoms with E-state index < -0.39 is 0 Å². The molecule has 23 heavy (non-hydrogen) atoms. The number of aryl methyl sites for hydroxylation is 2. The number of likely N-dealkylation sites (tertiary alicyclic amines) is 1. The highest BCUT2D eigenvalue weighted by molar-refractivity contribution is 5.74. The molecule has 1 atom stereocenters. The third-order valence-corrected chi connectivity index (χ3v) is 5.81. The summed E-state index contributed by atoms with van der Waals surface area (Å²) >= 11 is 0. The van der Waals surface area contributed by atoms with Gasteiger partial charge in [-0.05, 0) is 57.4 Å². The first kappa shape index (κ1) is 16.3. The number of aromatic nitrogens is 2. The van der Waals surface area contributed by atoms with Crippen molar-refractivity contribution in [2.24, 2.45) is 13.0 Å². The fourth-order valence-electron chi connectivity index (χ4n) is 4.45. The van der Waals surface area contributed by atoms with E-state index in [0.717, 1.165) is 31.0 Å². The molecule has 2 heterocycles. The molecular formula is C18H30N4O. The van der Waals surface area contributed by atoms with E-state index in [4.69, 9.17) is 0 Å². The molecule has 2 amide bonds. The highest BCUT2D eigenvalue weighted by Crippen LogP contribution is 2.35. The monoisotopic (exact) mass is 318 g/mol. The molecule has 128 valence electrons. The molecule has 1 aromatic rings. The maximum Gasteiger partial charge on any atom is 0.317 e. The van der Waals surface area contributed by atoms with Crippen LogP contribution in [0.4, 0.5) is 4.79 Å². The Labute approximate surface area is 139 Å². The molecule has 5 nitrogen and oxygen atoms in total. The summed E-state index contributed by atoms with van der Waals surface area (Å²) < 4.78 is 1.92. The zero-order valence-electron chi connectivity index (χ0n) is 14.8. The molecule has 0 spiro atoms. The molecule has 0 radical (unpaired) electrons. The van der Waals surface area contributed by atoms with Crippen LogP contribution in [0.1, 0.15) is 55.5 Å². The second-order valence-electron chi connectivity index (χ2n) is 7.20. The van der Waals surface area contributed by atoms with Gasteiger partial charge in [0.15, 0.2) is 0 Å². The molecule has 5 heteroatoms. The lowest BCUT2D eigenvalue weighted by Gasteiger charge is -2.29. The number of carbonyl (C=O) groups is 1. The average Bonchev–Trinajstić information content (AvgIpc) is 3.23. The lowest BCUT2D eigenvalue weighted by atomic mass is 9.96. The number of hydrogen-bond donors (Lipinski definition) is 1. The van der Waals surface area contributed by atoms with Gasteiger partial charge in [-0.3, -0.25) is 4.68 Å². The van der Waals surface area contributed by atoms with Gasteiger partial charge in [0.1, 0.15) is 0 Å². The lowest BCUT2D eigenvalue weighted by Crippen LogP contribution is -2.45. The van der Waals surface area contributed by atoms with Gasteiger partial charge in [0, 0.05) is 31.9 Å². The molecule has 0 aromatic carbocycles. The van der Waals surface area contributed by atoms with Crippen LogP contribution >= 0.6 is 0 Å². The summed E-state index contributed by atoms with van der Waals surface area (Å²) in [5, 5.41) is 7.58. The van der Waals surface area contributed by atoms with E-state index in [1.54, 1.807) is 0 Å². The fourth-order valence-corrected chi connectivity index (χ4v) is 4.45. The first-order chi connectivity index (χ1) is 11.1. The molecule has 3 rings (SSSR count). The largest absolute Gasteiger partial charge is 0.338 e. The number of urea groups is 1. The van der Waals surface area contributed by atoms with Crippen molar-refractivity contribution in [3.05, 3.63) is 17.0 Å². The number of hydrogen-bond acceptors (Lipinski definition) is 2. The zero-order chi connectivity index (χ0) is 16.4. The molecule has 0 bridgehead atoms. The van der Waals surface area contributed by atoms with Crippen LogP contribution in [0.25, 0.3) is 0 Å². The number of amides is 2. The van der Waals surface area contributed by atoms with Crippen LogP contribution in [-0.4, -0.2) is 39.8 Å². The molecule has 1 saturated heterocycles. The predicted molar refractivity (Wildman–Crippen MR) is 91.5 cm³/mol. The molecule has 1 aliphatic heterocycles. The minimum atomic E-state index is 0.138. The zero-order valence-corrected chi connectivity index (χ0v) is 14.8. The van der Waals surface area contributed by atoms with Crippen LogP contribution < -0.4 is 5.32 Å². The van der Waals surface area contributed by atoms with Crippen LogP contribution in [0.2, 0.25) is 0 Å². The Hall–Kier alpha value is -1.52. The van der Waals surface area contributed by atoms with Crippen LogP contribution in [0.5, 0.6) is 0 Å². The highest BCUT2D eigenvalue weighted by Gasteiger charge is 2.35. The van der Waals surface area contributed by atoms with Gasteiger partial charge in [-0.25, -0.2) is 4.79 Å². The summed E-state index contributed by atoms with van der Waals surface area (Å²) in [6, 6.07) is 0.623. The molecule has 1 aromatic heterocycles. The average molecular weight is 318 g/mol. The van der Waals surface area contributed by atoms with Crippen molar-refractivity contribution < 1.29 is 4.79 Å². The SMILES string of the molecule is Cc1nn(C)c(C)c1CCNC(=O)N1CCCC1C1CCCC1. The van der Waals surface area contributed by atoms with Gasteiger partial charge in [0.25, 0.3) is 0 Å². The molecule has 2 fully saturated rings. The van der Waals surface area contributed by atoms with Crippen molar-refractivity contribution in [1.29, 1.82) is 0 Å². The Kier molecular flexibility index (Phi) is 4.93. The second kappa shape index (κ2) is 6.93. The molecule has 1 N–H and O–H groups in total. The van der Waals surface area contributed by atoms with Crippen LogP contribution in [0.3, 0.4) is 0 Å². The van der Waals surface area contributed by atoms with Crippen molar-refractivity contribution in [1.82, 2.24) is 20.0 Å². The van der Waals surface area contributed by atoms with Gasteiger partial charge in [0.05, 0.1) is 5.69 Å². The Morgan fingerprint density at radius 2 is 1.96 bits per heavy atom. The van der Waals surface area contributed by atoms with Crippen molar-refractivity contribution in [2.75, 3.05) is 13.1 Å². The molecule has 1 saturated carbocycles. The first-order valence-electron chi connectivity index (χ1n) is 9.11. The van der Waals surface area contributed by atoms with Crippen molar-refractivity contribution in [2.45, 2.75) is 64.8 Å². The van der Waals surface area contributed by atoms with E-state index in [2.05, 4.69) is 22.2 Å². The third kappa shape index (κ3) is 3.38. The Morgan fingerprint density at radius 1 is 1.22 bits per heavy atom. The lowest BCUT2D eigenvalue weighted by molar-refractivity contribution is 0.173. The molecule has 1 unspecified atom stereocenters. The maximum atomic E-state index is 12.6. The second-order valence-corrected chi connectivity index (χ2v) is 7.20. The van der Waals surface area contributed by atoms with Crippen molar-refractivity contribution in [3.8, 4) is 0 Å². The Balaban J connectivity index is 1.52. The molecule has 1 aliphatic carbocycles. The highest BCUT2D eigenvalue weighted by atomic mass is 16.2. The van der Waals surface area contributed by atoms with Crippen LogP contribution in [0, 0.1) is 19.8 Å². The minimum Gasteiger partial charge on any atom is -0.338 e. The van der Waals surface area contributed by atoms with Crippen molar-refractivity contribution >= 4 is 6.03 Å². The minimum absolute atomic E-state index is 0.138. The Bertz CT molecular complexity index is 560. The van der Waals surface area contributed by atoms with E-state index in [0.29, 0.717) is 12.6 Å². The number of rotatable bonds is 4. The van der Waals surface area contributed by atoms with Gasteiger partial charge in [-0.15, -0.1) is 0 Å². The van der Waals surface area contributed by atoms with E-state index in [-0.39, 0.29) is 6.03 Å². The van der Waals surface area contributed by atoms with Crippen LogP contribution in [0.15, 0.2) is 0 Å². The van der Waals surface area contributed by atoms with Gasteiger partial charge < -0.3 is 10.2 Å². The summed E-state index contributed by atoms with van der Waals surface area (Å²) in [5.74, 6) is 0.742. The maximum absolute atomic E-state index is 12.6. The number of nitrogens with one attached hydrogen (secondary N) is 1. The summed E-state index contributed by atoms with van der Waals surface area (Å²) in [5.41, 5.74) is 3.53. The van der Waals surface area contributed by atoms with E-state index in [1.807, 2.05) is 18.7 Å². The predicted octanol–water partition coefficient (Wildman–Crippen LogP) is 2.94. The van der Waals surface area contributed by atoms with Gasteiger partial charge in [-0.1, -0.05) is 12.8 Å². The number of nitrogens with zero attached hydrogens (tertiary/aromatic N) is 3. The summed E-state index contributed by atoms with van der Waals surface area (Å²) in [4.78, 5) is 14.7. The molecular weight excluding hydrogens is 288 g/mol. The van der Waals surface area contributed by atoms with Crippen molar-refractivity contribution in [3.63, 3.8) is 0 Å². The number of carbonyl (C=O) groups excluding carboxylic acids is 1. The van der Waals surface area contributed by atoms with E-state index in [1.165, 1.54) is 43.4 Å². The van der Waals surface area contributed by atoms with E-state index in [9.17, 15) is 4.79 Å². The standard InChI is InChI=1S/C18H30N4O/c1-13-16(14(2)21(3)20-13)10-11-19-18(23)22-12-6-9-17(22)15-7-4-5-8-15/h15,17H,4-12H2,1-3H3,(H,19,23). The molecule has 2 aliphatic rings. The topological polar surface area (TPSA) is 50.2 Å². The summed E-state index contributed by atoms with van der Waals surface area (Å²) in [7, 11) is 1.97. The summed E-state index contributed by atoms with van der Waals surface area (Å²) in [6.45, 7) is 5.76. The fraction of sp³-hybridized carbons (Fsp3) is 0.778. The van der Waals surface area contributed by atoms with Gasteiger partial charge in [-0.2, -0.15) is 5.10 Å². The van der Waals surface area contributed by atoms with Crippen LogP contribution in [-0.2, 0) is 13.5 Å².